The number of likely N-dealkylation sites (tertiary alicyclic amines) is 1. The highest BCUT2D eigenvalue weighted by Crippen LogP contribution is 2.08. The zero-order chi connectivity index (χ0) is 12.8. The van der Waals surface area contributed by atoms with Crippen LogP contribution in [0.2, 0.25) is 0 Å². The molecule has 4 N–H and O–H groups in total. The third-order valence-corrected chi connectivity index (χ3v) is 3.13. The Hall–Kier alpha value is -1.63. The number of H-pyrrole nitrogens is 1. The maximum atomic E-state index is 11.6. The summed E-state index contributed by atoms with van der Waals surface area (Å²) in [5, 5.41) is 8.92. The molecule has 2 heterocycles. The Bertz CT molecular complexity index is 383. The minimum absolute atomic E-state index is 0.0904. The summed E-state index contributed by atoms with van der Waals surface area (Å²) in [5.41, 5.74) is 5.34. The zero-order valence-electron chi connectivity index (χ0n) is 10.5. The summed E-state index contributed by atoms with van der Waals surface area (Å²) >= 11 is 0. The van der Waals surface area contributed by atoms with E-state index in [0.717, 1.165) is 19.6 Å². The molecule has 1 aromatic rings. The lowest BCUT2D eigenvalue weighted by molar-refractivity contribution is 0.0938. The fourth-order valence-electron chi connectivity index (χ4n) is 2.15. The van der Waals surface area contributed by atoms with Gasteiger partial charge in [-0.2, -0.15) is 4.98 Å². The van der Waals surface area contributed by atoms with Crippen molar-refractivity contribution in [2.24, 2.45) is 0 Å². The molecule has 1 saturated heterocycles. The van der Waals surface area contributed by atoms with E-state index in [1.54, 1.807) is 0 Å². The molecule has 0 saturated carbocycles. The minimum Gasteiger partial charge on any atom is -0.366 e. The monoisotopic (exact) mass is 252 g/mol. The summed E-state index contributed by atoms with van der Waals surface area (Å²) in [6.07, 6.45) is 5.15. The molecule has 0 aromatic carbocycles. The van der Waals surface area contributed by atoms with E-state index in [0.29, 0.717) is 6.54 Å². The number of amides is 1. The standard InChI is InChI=1S/C11H20N6O/c12-11-14-9(15-16-11)10(18)13-5-8-17-6-3-1-2-4-7-17/h1-8H2,(H,13,18)(H3,12,14,15,16). The van der Waals surface area contributed by atoms with E-state index >= 15 is 0 Å². The zero-order valence-corrected chi connectivity index (χ0v) is 10.5. The highest BCUT2D eigenvalue weighted by Gasteiger charge is 2.12. The van der Waals surface area contributed by atoms with Crippen LogP contribution in [0.1, 0.15) is 36.3 Å². The second-order valence-electron chi connectivity index (χ2n) is 4.55. The molecule has 0 unspecified atom stereocenters. The van der Waals surface area contributed by atoms with Crippen LogP contribution in [0, 0.1) is 0 Å². The van der Waals surface area contributed by atoms with Gasteiger partial charge in [-0.3, -0.25) is 9.89 Å². The number of carbonyl (C=O) groups is 1. The van der Waals surface area contributed by atoms with Crippen LogP contribution in [0.3, 0.4) is 0 Å². The van der Waals surface area contributed by atoms with E-state index in [9.17, 15) is 4.79 Å². The van der Waals surface area contributed by atoms with Crippen molar-refractivity contribution >= 4 is 11.9 Å². The van der Waals surface area contributed by atoms with Crippen LogP contribution in [0.5, 0.6) is 0 Å². The lowest BCUT2D eigenvalue weighted by Crippen LogP contribution is -2.35. The molecule has 7 nitrogen and oxygen atoms in total. The predicted molar refractivity (Wildman–Crippen MR) is 68.0 cm³/mol. The number of nitrogens with two attached hydrogens (primary N) is 1. The van der Waals surface area contributed by atoms with Crippen LogP contribution < -0.4 is 11.1 Å². The molecule has 1 aliphatic rings. The Morgan fingerprint density at radius 3 is 2.67 bits per heavy atom. The molecule has 7 heteroatoms. The Morgan fingerprint density at radius 2 is 2.06 bits per heavy atom. The number of carbonyl (C=O) groups excluding carboxylic acids is 1. The number of aromatic amines is 1. The number of nitrogens with one attached hydrogen (secondary N) is 2. The lowest BCUT2D eigenvalue weighted by Gasteiger charge is -2.19. The van der Waals surface area contributed by atoms with Gasteiger partial charge in [0.05, 0.1) is 0 Å². The first kappa shape index (κ1) is 12.8. The van der Waals surface area contributed by atoms with E-state index in [2.05, 4.69) is 25.4 Å². The van der Waals surface area contributed by atoms with Crippen LogP contribution in [0.25, 0.3) is 0 Å². The summed E-state index contributed by atoms with van der Waals surface area (Å²) in [5.74, 6) is 0.00468. The highest BCUT2D eigenvalue weighted by molar-refractivity contribution is 5.90. The highest BCUT2D eigenvalue weighted by atomic mass is 16.2. The Morgan fingerprint density at radius 1 is 1.33 bits per heavy atom. The molecule has 18 heavy (non-hydrogen) atoms. The molecule has 1 aromatic heterocycles. The number of rotatable bonds is 4. The maximum absolute atomic E-state index is 11.6. The SMILES string of the molecule is Nc1n[nH]c(C(=O)NCCN2CCCCCC2)n1. The molecule has 1 aliphatic heterocycles. The molecule has 0 spiro atoms. The molecule has 0 bridgehead atoms. The number of hydrogen-bond donors (Lipinski definition) is 3. The molecule has 1 fully saturated rings. The average Bonchev–Trinajstić information content (AvgIpc) is 2.63. The van der Waals surface area contributed by atoms with E-state index in [1.807, 2.05) is 0 Å². The van der Waals surface area contributed by atoms with Gasteiger partial charge in [-0.25, -0.2) is 0 Å². The van der Waals surface area contributed by atoms with Crippen molar-refractivity contribution in [1.82, 2.24) is 25.4 Å². The largest absolute Gasteiger partial charge is 0.366 e. The average molecular weight is 252 g/mol. The molecular weight excluding hydrogens is 232 g/mol. The van der Waals surface area contributed by atoms with Crippen LogP contribution >= 0.6 is 0 Å². The van der Waals surface area contributed by atoms with E-state index < -0.39 is 0 Å². The summed E-state index contributed by atoms with van der Waals surface area (Å²) in [6, 6.07) is 0. The number of aromatic nitrogens is 3. The molecule has 100 valence electrons. The van der Waals surface area contributed by atoms with E-state index in [1.165, 1.54) is 25.7 Å². The quantitative estimate of drug-likeness (QED) is 0.700. The van der Waals surface area contributed by atoms with E-state index in [-0.39, 0.29) is 17.7 Å². The van der Waals surface area contributed by atoms with Crippen molar-refractivity contribution in [1.29, 1.82) is 0 Å². The molecule has 0 atom stereocenters. The number of nitrogen functional groups attached to an aromatic ring is 1. The van der Waals surface area contributed by atoms with Gasteiger partial charge in [0.25, 0.3) is 5.91 Å². The van der Waals surface area contributed by atoms with Gasteiger partial charge in [0.15, 0.2) is 0 Å². The fourth-order valence-corrected chi connectivity index (χ4v) is 2.15. The normalized spacial score (nSPS) is 17.3. The van der Waals surface area contributed by atoms with Crippen LogP contribution in [0.15, 0.2) is 0 Å². The Kier molecular flexibility index (Phi) is 4.52. The summed E-state index contributed by atoms with van der Waals surface area (Å²) in [6.45, 7) is 3.77. The predicted octanol–water partition coefficient (Wildman–Crippen LogP) is -0.00730. The van der Waals surface area contributed by atoms with Gasteiger partial charge in [-0.05, 0) is 25.9 Å². The summed E-state index contributed by atoms with van der Waals surface area (Å²) in [4.78, 5) is 17.8. The number of nitrogens with zero attached hydrogens (tertiary/aromatic N) is 3. The van der Waals surface area contributed by atoms with Gasteiger partial charge in [0.1, 0.15) is 0 Å². The van der Waals surface area contributed by atoms with Gasteiger partial charge >= 0.3 is 0 Å². The van der Waals surface area contributed by atoms with Crippen molar-refractivity contribution in [3.05, 3.63) is 5.82 Å². The minimum atomic E-state index is -0.256. The van der Waals surface area contributed by atoms with Crippen LogP contribution in [0.4, 0.5) is 5.95 Å². The van der Waals surface area contributed by atoms with Crippen molar-refractivity contribution in [2.45, 2.75) is 25.7 Å². The van der Waals surface area contributed by atoms with Crippen molar-refractivity contribution in [2.75, 3.05) is 31.9 Å². The van der Waals surface area contributed by atoms with Gasteiger partial charge in [0.2, 0.25) is 11.8 Å². The molecule has 0 aliphatic carbocycles. The first-order chi connectivity index (χ1) is 8.75. The van der Waals surface area contributed by atoms with E-state index in [4.69, 9.17) is 5.73 Å². The van der Waals surface area contributed by atoms with Crippen LogP contribution in [-0.4, -0.2) is 52.2 Å². The molecule has 0 radical (unpaired) electrons. The van der Waals surface area contributed by atoms with Gasteiger partial charge in [0, 0.05) is 13.1 Å². The first-order valence-electron chi connectivity index (χ1n) is 6.44. The first-order valence-corrected chi connectivity index (χ1v) is 6.44. The molecule has 2 rings (SSSR count). The number of hydrogen-bond acceptors (Lipinski definition) is 5. The second-order valence-corrected chi connectivity index (χ2v) is 4.55. The topological polar surface area (TPSA) is 99.9 Å². The summed E-state index contributed by atoms with van der Waals surface area (Å²) < 4.78 is 0. The number of anilines is 1. The van der Waals surface area contributed by atoms with Crippen LogP contribution in [-0.2, 0) is 0 Å². The molecule has 1 amide bonds. The van der Waals surface area contributed by atoms with Crippen molar-refractivity contribution in [3.63, 3.8) is 0 Å². The van der Waals surface area contributed by atoms with Crippen molar-refractivity contribution in [3.8, 4) is 0 Å². The van der Waals surface area contributed by atoms with Gasteiger partial charge < -0.3 is 16.0 Å². The third kappa shape index (κ3) is 3.69. The van der Waals surface area contributed by atoms with Gasteiger partial charge in [-0.15, -0.1) is 5.10 Å². The maximum Gasteiger partial charge on any atom is 0.288 e. The summed E-state index contributed by atoms with van der Waals surface area (Å²) in [7, 11) is 0. The van der Waals surface area contributed by atoms with Crippen molar-refractivity contribution < 1.29 is 4.79 Å². The smallest absolute Gasteiger partial charge is 0.288 e. The lowest BCUT2D eigenvalue weighted by atomic mass is 10.2. The van der Waals surface area contributed by atoms with Gasteiger partial charge in [-0.1, -0.05) is 12.8 Å². The Balaban J connectivity index is 1.69. The Labute approximate surface area is 106 Å². The fraction of sp³-hybridized carbons (Fsp3) is 0.727. The molecular formula is C11H20N6O. The second kappa shape index (κ2) is 6.34. The third-order valence-electron chi connectivity index (χ3n) is 3.13.